The van der Waals surface area contributed by atoms with Crippen LogP contribution in [0.2, 0.25) is 5.02 Å². The summed E-state index contributed by atoms with van der Waals surface area (Å²) in [5, 5.41) is 14.4. The third-order valence-corrected chi connectivity index (χ3v) is 5.01. The molecule has 132 valence electrons. The summed E-state index contributed by atoms with van der Waals surface area (Å²) in [5.74, 6) is -1.12. The van der Waals surface area contributed by atoms with Crippen molar-refractivity contribution in [3.8, 4) is 5.69 Å². The molecule has 0 aliphatic carbocycles. The molecule has 2 aromatic rings. The number of carbonyl (C=O) groups excluding carboxylic acids is 1. The van der Waals surface area contributed by atoms with E-state index in [1.165, 1.54) is 0 Å². The number of aliphatic carboxylic acids is 1. The number of aromatic nitrogens is 2. The van der Waals surface area contributed by atoms with Crippen molar-refractivity contribution in [1.29, 1.82) is 0 Å². The first kappa shape index (κ1) is 17.5. The van der Waals surface area contributed by atoms with Gasteiger partial charge >= 0.3 is 5.97 Å². The molecule has 1 unspecified atom stereocenters. The number of piperidine rings is 1. The normalized spacial score (nSPS) is 20.5. The molecule has 1 N–H and O–H groups in total. The number of rotatable bonds is 3. The lowest BCUT2D eigenvalue weighted by molar-refractivity contribution is -0.150. The maximum absolute atomic E-state index is 12.8. The predicted octanol–water partition coefficient (Wildman–Crippen LogP) is 3.16. The Hall–Kier alpha value is -2.34. The maximum Gasteiger partial charge on any atom is 0.311 e. The first-order chi connectivity index (χ1) is 11.8. The van der Waals surface area contributed by atoms with E-state index in [0.29, 0.717) is 35.8 Å². The van der Waals surface area contributed by atoms with E-state index < -0.39 is 11.4 Å². The average Bonchev–Trinajstić information content (AvgIpc) is 2.96. The molecule has 1 aromatic carbocycles. The van der Waals surface area contributed by atoms with Gasteiger partial charge in [-0.25, -0.2) is 4.68 Å². The Morgan fingerprint density at radius 1 is 1.32 bits per heavy atom. The third-order valence-electron chi connectivity index (χ3n) is 4.69. The second-order valence-electron chi connectivity index (χ2n) is 6.73. The van der Waals surface area contributed by atoms with Crippen LogP contribution in [0.4, 0.5) is 0 Å². The molecule has 1 aliphatic rings. The van der Waals surface area contributed by atoms with Crippen molar-refractivity contribution >= 4 is 23.5 Å². The van der Waals surface area contributed by atoms with Crippen molar-refractivity contribution < 1.29 is 14.7 Å². The number of carboxylic acids is 1. The molecule has 6 nitrogen and oxygen atoms in total. The Labute approximate surface area is 151 Å². The van der Waals surface area contributed by atoms with Crippen LogP contribution in [0, 0.1) is 12.3 Å². The summed E-state index contributed by atoms with van der Waals surface area (Å²) < 4.78 is 1.63. The van der Waals surface area contributed by atoms with Crippen molar-refractivity contribution in [2.45, 2.75) is 26.7 Å². The number of nitrogens with zero attached hydrogens (tertiary/aromatic N) is 3. The fourth-order valence-corrected chi connectivity index (χ4v) is 3.41. The van der Waals surface area contributed by atoms with Crippen molar-refractivity contribution in [1.82, 2.24) is 14.7 Å². The van der Waals surface area contributed by atoms with Gasteiger partial charge in [0, 0.05) is 18.8 Å². The lowest BCUT2D eigenvalue weighted by atomic mass is 9.82. The van der Waals surface area contributed by atoms with Gasteiger partial charge in [0.15, 0.2) is 5.69 Å². The number of hydrogen-bond acceptors (Lipinski definition) is 3. The van der Waals surface area contributed by atoms with Gasteiger partial charge in [-0.05, 0) is 44.9 Å². The number of amides is 1. The lowest BCUT2D eigenvalue weighted by Gasteiger charge is -2.37. The van der Waals surface area contributed by atoms with E-state index in [2.05, 4.69) is 5.10 Å². The van der Waals surface area contributed by atoms with Crippen molar-refractivity contribution in [2.24, 2.45) is 5.41 Å². The zero-order valence-electron chi connectivity index (χ0n) is 14.2. The first-order valence-corrected chi connectivity index (χ1v) is 8.54. The minimum absolute atomic E-state index is 0.194. The highest BCUT2D eigenvalue weighted by molar-refractivity contribution is 6.32. The predicted molar refractivity (Wildman–Crippen MR) is 94.2 cm³/mol. The van der Waals surface area contributed by atoms with Gasteiger partial charge in [0.05, 0.1) is 16.1 Å². The molecule has 0 radical (unpaired) electrons. The summed E-state index contributed by atoms with van der Waals surface area (Å²) in [5.41, 5.74) is 0.880. The Morgan fingerprint density at radius 2 is 2.04 bits per heavy atom. The molecular formula is C18H20ClN3O3. The van der Waals surface area contributed by atoms with Crippen LogP contribution in [0.5, 0.6) is 0 Å². The van der Waals surface area contributed by atoms with Gasteiger partial charge in [-0.15, -0.1) is 0 Å². The average molecular weight is 362 g/mol. The van der Waals surface area contributed by atoms with Crippen LogP contribution < -0.4 is 0 Å². The smallest absolute Gasteiger partial charge is 0.311 e. The van der Waals surface area contributed by atoms with E-state index >= 15 is 0 Å². The van der Waals surface area contributed by atoms with Gasteiger partial charge in [-0.3, -0.25) is 9.59 Å². The maximum atomic E-state index is 12.8. The topological polar surface area (TPSA) is 75.4 Å². The van der Waals surface area contributed by atoms with E-state index in [1.54, 1.807) is 28.6 Å². The van der Waals surface area contributed by atoms with Gasteiger partial charge in [0.2, 0.25) is 0 Å². The van der Waals surface area contributed by atoms with Crippen LogP contribution in [-0.4, -0.2) is 44.8 Å². The molecule has 1 fully saturated rings. The SMILES string of the molecule is Cc1cc(C(=O)N2CCCC(C)(C(=O)O)C2)nn1-c1ccccc1Cl. The van der Waals surface area contributed by atoms with E-state index in [1.807, 2.05) is 25.1 Å². The number of para-hydroxylation sites is 1. The highest BCUT2D eigenvalue weighted by Gasteiger charge is 2.40. The zero-order valence-corrected chi connectivity index (χ0v) is 15.0. The number of carboxylic acid groups (broad SMARTS) is 1. The molecule has 1 aromatic heterocycles. The molecule has 25 heavy (non-hydrogen) atoms. The monoisotopic (exact) mass is 361 g/mol. The summed E-state index contributed by atoms with van der Waals surface area (Å²) in [6.07, 6.45) is 1.23. The quantitative estimate of drug-likeness (QED) is 0.911. The Morgan fingerprint density at radius 3 is 2.72 bits per heavy atom. The fraction of sp³-hybridized carbons (Fsp3) is 0.389. The molecule has 0 spiro atoms. The van der Waals surface area contributed by atoms with Crippen LogP contribution in [0.25, 0.3) is 5.69 Å². The largest absolute Gasteiger partial charge is 0.481 e. The zero-order chi connectivity index (χ0) is 18.2. The van der Waals surface area contributed by atoms with Gasteiger partial charge in [0.25, 0.3) is 5.91 Å². The molecule has 1 saturated heterocycles. The molecule has 7 heteroatoms. The van der Waals surface area contributed by atoms with Crippen molar-refractivity contribution in [3.63, 3.8) is 0 Å². The van der Waals surface area contributed by atoms with Gasteiger partial charge in [-0.1, -0.05) is 23.7 Å². The van der Waals surface area contributed by atoms with E-state index in [4.69, 9.17) is 11.6 Å². The van der Waals surface area contributed by atoms with Crippen LogP contribution in [0.1, 0.15) is 35.9 Å². The summed E-state index contributed by atoms with van der Waals surface area (Å²) in [4.78, 5) is 25.9. The fourth-order valence-electron chi connectivity index (χ4n) is 3.20. The molecule has 1 atom stereocenters. The van der Waals surface area contributed by atoms with Gasteiger partial charge < -0.3 is 10.0 Å². The number of hydrogen-bond donors (Lipinski definition) is 1. The van der Waals surface area contributed by atoms with E-state index in [9.17, 15) is 14.7 Å². The molecule has 0 saturated carbocycles. The molecule has 3 rings (SSSR count). The lowest BCUT2D eigenvalue weighted by Crippen LogP contribution is -2.48. The Balaban J connectivity index is 1.88. The number of aryl methyl sites for hydroxylation is 1. The third kappa shape index (κ3) is 3.26. The highest BCUT2D eigenvalue weighted by atomic mass is 35.5. The summed E-state index contributed by atoms with van der Waals surface area (Å²) in [6, 6.07) is 8.99. The van der Waals surface area contributed by atoms with Crippen LogP contribution in [0.15, 0.2) is 30.3 Å². The summed E-state index contributed by atoms with van der Waals surface area (Å²) >= 11 is 6.22. The number of carbonyl (C=O) groups is 2. The van der Waals surface area contributed by atoms with Crippen LogP contribution in [-0.2, 0) is 4.79 Å². The van der Waals surface area contributed by atoms with Gasteiger partial charge in [-0.2, -0.15) is 5.10 Å². The second-order valence-corrected chi connectivity index (χ2v) is 7.14. The molecule has 2 heterocycles. The molecular weight excluding hydrogens is 342 g/mol. The van der Waals surface area contributed by atoms with Crippen LogP contribution >= 0.6 is 11.6 Å². The molecule has 1 aliphatic heterocycles. The van der Waals surface area contributed by atoms with Crippen molar-refractivity contribution in [3.05, 3.63) is 46.7 Å². The number of benzene rings is 1. The number of likely N-dealkylation sites (tertiary alicyclic amines) is 1. The van der Waals surface area contributed by atoms with E-state index in [0.717, 1.165) is 5.69 Å². The Bertz CT molecular complexity index is 833. The molecule has 1 amide bonds. The number of halogens is 1. The molecule has 0 bridgehead atoms. The first-order valence-electron chi connectivity index (χ1n) is 8.16. The Kier molecular flexibility index (Phi) is 4.56. The van der Waals surface area contributed by atoms with Crippen LogP contribution in [0.3, 0.4) is 0 Å². The standard InChI is InChI=1S/C18H20ClN3O3/c1-12-10-14(20-22(12)15-7-4-3-6-13(15)19)16(23)21-9-5-8-18(2,11-21)17(24)25/h3-4,6-7,10H,5,8-9,11H2,1-2H3,(H,24,25). The summed E-state index contributed by atoms with van der Waals surface area (Å²) in [7, 11) is 0. The minimum atomic E-state index is -0.908. The van der Waals surface area contributed by atoms with Gasteiger partial charge in [0.1, 0.15) is 0 Å². The highest BCUT2D eigenvalue weighted by Crippen LogP contribution is 2.30. The van der Waals surface area contributed by atoms with E-state index in [-0.39, 0.29) is 12.5 Å². The minimum Gasteiger partial charge on any atom is -0.481 e. The second kappa shape index (κ2) is 6.52. The summed E-state index contributed by atoms with van der Waals surface area (Å²) in [6.45, 7) is 4.27. The van der Waals surface area contributed by atoms with Crippen molar-refractivity contribution in [2.75, 3.05) is 13.1 Å².